The molecule has 1 atom stereocenters. The van der Waals surface area contributed by atoms with E-state index >= 15 is 0 Å². The Morgan fingerprint density at radius 2 is 2.07 bits per heavy atom. The molecule has 3 nitrogen and oxygen atoms in total. The van der Waals surface area contributed by atoms with Gasteiger partial charge in [0.1, 0.15) is 0 Å². The lowest BCUT2D eigenvalue weighted by molar-refractivity contribution is 0.0963. The number of nitrogens with two attached hydrogens (primary N) is 1. The predicted molar refractivity (Wildman–Crippen MR) is 50.9 cm³/mol. The van der Waals surface area contributed by atoms with Crippen molar-refractivity contribution in [2.75, 3.05) is 7.11 Å². The van der Waals surface area contributed by atoms with E-state index in [-0.39, 0.29) is 5.56 Å². The van der Waals surface area contributed by atoms with Gasteiger partial charge in [-0.25, -0.2) is 8.78 Å². The highest BCUT2D eigenvalue weighted by Gasteiger charge is 2.21. The lowest BCUT2D eigenvalue weighted by Gasteiger charge is -2.09. The summed E-state index contributed by atoms with van der Waals surface area (Å²) in [5, 5.41) is 0. The van der Waals surface area contributed by atoms with Gasteiger partial charge in [0.25, 0.3) is 0 Å². The second kappa shape index (κ2) is 4.35. The van der Waals surface area contributed by atoms with Gasteiger partial charge in [0.2, 0.25) is 0 Å². The van der Waals surface area contributed by atoms with Crippen molar-refractivity contribution < 1.29 is 18.3 Å². The van der Waals surface area contributed by atoms with E-state index < -0.39 is 29.2 Å². The molecular weight excluding hydrogens is 204 g/mol. The average Bonchev–Trinajstić information content (AvgIpc) is 2.17. The van der Waals surface area contributed by atoms with Crippen LogP contribution in [0, 0.1) is 11.6 Å². The summed E-state index contributed by atoms with van der Waals surface area (Å²) in [6.45, 7) is 1.43. The van der Waals surface area contributed by atoms with Crippen LogP contribution in [0.5, 0.6) is 5.75 Å². The van der Waals surface area contributed by atoms with Crippen molar-refractivity contribution in [3.05, 3.63) is 29.3 Å². The SMILES string of the molecule is COc1c(F)ccc(C(=O)C(C)N)c1F. The van der Waals surface area contributed by atoms with E-state index in [9.17, 15) is 13.6 Å². The smallest absolute Gasteiger partial charge is 0.191 e. The van der Waals surface area contributed by atoms with Gasteiger partial charge in [-0.2, -0.15) is 0 Å². The fourth-order valence-corrected chi connectivity index (χ4v) is 1.16. The summed E-state index contributed by atoms with van der Waals surface area (Å²) in [5.74, 6) is -3.02. The van der Waals surface area contributed by atoms with Gasteiger partial charge < -0.3 is 10.5 Å². The zero-order chi connectivity index (χ0) is 11.6. The number of rotatable bonds is 3. The highest BCUT2D eigenvalue weighted by molar-refractivity contribution is 6.00. The summed E-state index contributed by atoms with van der Waals surface area (Å²) in [6, 6.07) is 1.19. The average molecular weight is 215 g/mol. The molecular formula is C10H11F2NO2. The molecule has 0 amide bonds. The lowest BCUT2D eigenvalue weighted by atomic mass is 10.0. The van der Waals surface area contributed by atoms with Gasteiger partial charge in [-0.1, -0.05) is 0 Å². The third-order valence-electron chi connectivity index (χ3n) is 1.93. The maximum Gasteiger partial charge on any atom is 0.191 e. The molecule has 0 aliphatic rings. The Labute approximate surface area is 85.8 Å². The van der Waals surface area contributed by atoms with Crippen LogP contribution in [-0.2, 0) is 0 Å². The molecule has 0 spiro atoms. The van der Waals surface area contributed by atoms with Crippen LogP contribution < -0.4 is 10.5 Å². The number of ketones is 1. The van der Waals surface area contributed by atoms with Crippen LogP contribution in [0.4, 0.5) is 8.78 Å². The Bertz CT molecular complexity index is 391. The summed E-state index contributed by atoms with van der Waals surface area (Å²) in [5.41, 5.74) is 5.05. The molecule has 1 rings (SSSR count). The van der Waals surface area contributed by atoms with Gasteiger partial charge in [0.15, 0.2) is 23.2 Å². The standard InChI is InChI=1S/C10H11F2NO2/c1-5(13)9(14)6-3-4-7(11)10(15-2)8(6)12/h3-5H,13H2,1-2H3. The topological polar surface area (TPSA) is 52.3 Å². The van der Waals surface area contributed by atoms with Crippen molar-refractivity contribution in [1.29, 1.82) is 0 Å². The van der Waals surface area contributed by atoms with Crippen molar-refractivity contribution >= 4 is 5.78 Å². The number of halogens is 2. The molecule has 0 aromatic heterocycles. The largest absolute Gasteiger partial charge is 0.491 e. The number of hydrogen-bond donors (Lipinski definition) is 1. The number of methoxy groups -OCH3 is 1. The molecule has 1 unspecified atom stereocenters. The Kier molecular flexibility index (Phi) is 3.36. The molecule has 15 heavy (non-hydrogen) atoms. The zero-order valence-electron chi connectivity index (χ0n) is 8.38. The normalized spacial score (nSPS) is 12.3. The van der Waals surface area contributed by atoms with Crippen molar-refractivity contribution in [2.45, 2.75) is 13.0 Å². The first-order valence-corrected chi connectivity index (χ1v) is 4.30. The maximum atomic E-state index is 13.5. The quantitative estimate of drug-likeness (QED) is 0.777. The molecule has 5 heteroatoms. The number of hydrogen-bond acceptors (Lipinski definition) is 3. The Hall–Kier alpha value is -1.49. The Morgan fingerprint density at radius 3 is 2.53 bits per heavy atom. The molecule has 0 bridgehead atoms. The molecule has 0 aliphatic heterocycles. The first-order valence-electron chi connectivity index (χ1n) is 4.30. The van der Waals surface area contributed by atoms with Crippen molar-refractivity contribution in [3.8, 4) is 5.75 Å². The monoisotopic (exact) mass is 215 g/mol. The molecule has 1 aromatic carbocycles. The second-order valence-electron chi connectivity index (χ2n) is 3.10. The van der Waals surface area contributed by atoms with E-state index in [0.29, 0.717) is 0 Å². The molecule has 0 radical (unpaired) electrons. The molecule has 0 aliphatic carbocycles. The van der Waals surface area contributed by atoms with Crippen LogP contribution in [0.25, 0.3) is 0 Å². The van der Waals surface area contributed by atoms with Gasteiger partial charge in [-0.05, 0) is 19.1 Å². The number of carbonyl (C=O) groups is 1. The first-order chi connectivity index (χ1) is 6.99. The van der Waals surface area contributed by atoms with Gasteiger partial charge in [-0.3, -0.25) is 4.79 Å². The Balaban J connectivity index is 3.28. The fraction of sp³-hybridized carbons (Fsp3) is 0.300. The molecule has 1 aromatic rings. The maximum absolute atomic E-state index is 13.5. The van der Waals surface area contributed by atoms with E-state index in [0.717, 1.165) is 19.2 Å². The molecule has 0 saturated heterocycles. The van der Waals surface area contributed by atoms with Crippen LogP contribution in [0.3, 0.4) is 0 Å². The minimum Gasteiger partial charge on any atom is -0.491 e. The van der Waals surface area contributed by atoms with Crippen LogP contribution >= 0.6 is 0 Å². The molecule has 0 saturated carbocycles. The highest BCUT2D eigenvalue weighted by Crippen LogP contribution is 2.24. The summed E-state index contributed by atoms with van der Waals surface area (Å²) >= 11 is 0. The van der Waals surface area contributed by atoms with Crippen molar-refractivity contribution in [3.63, 3.8) is 0 Å². The number of ether oxygens (including phenoxy) is 1. The molecule has 2 N–H and O–H groups in total. The van der Waals surface area contributed by atoms with E-state index in [4.69, 9.17) is 5.73 Å². The third kappa shape index (κ3) is 2.12. The fourth-order valence-electron chi connectivity index (χ4n) is 1.16. The molecule has 0 heterocycles. The van der Waals surface area contributed by atoms with Crippen LogP contribution in [0.2, 0.25) is 0 Å². The van der Waals surface area contributed by atoms with Gasteiger partial charge in [0.05, 0.1) is 18.7 Å². The minimum absolute atomic E-state index is 0.261. The summed E-state index contributed by atoms with van der Waals surface area (Å²) < 4.78 is 31.0. The minimum atomic E-state index is -1.01. The molecule has 0 fully saturated rings. The number of Topliss-reactive ketones (excluding diaryl/α,β-unsaturated/α-hetero) is 1. The van der Waals surface area contributed by atoms with Crippen LogP contribution in [-0.4, -0.2) is 18.9 Å². The van der Waals surface area contributed by atoms with E-state index in [1.807, 2.05) is 0 Å². The van der Waals surface area contributed by atoms with Crippen LogP contribution in [0.1, 0.15) is 17.3 Å². The summed E-state index contributed by atoms with van der Waals surface area (Å²) in [4.78, 5) is 11.4. The van der Waals surface area contributed by atoms with Gasteiger partial charge in [-0.15, -0.1) is 0 Å². The third-order valence-corrected chi connectivity index (χ3v) is 1.93. The van der Waals surface area contributed by atoms with E-state index in [1.54, 1.807) is 0 Å². The Morgan fingerprint density at radius 1 is 1.47 bits per heavy atom. The zero-order valence-corrected chi connectivity index (χ0v) is 8.38. The predicted octanol–water partition coefficient (Wildman–Crippen LogP) is 1.50. The second-order valence-corrected chi connectivity index (χ2v) is 3.10. The first kappa shape index (κ1) is 11.6. The van der Waals surface area contributed by atoms with E-state index in [2.05, 4.69) is 4.74 Å². The van der Waals surface area contributed by atoms with Crippen molar-refractivity contribution in [2.24, 2.45) is 5.73 Å². The summed E-state index contributed by atoms with van der Waals surface area (Å²) in [7, 11) is 1.13. The number of carbonyl (C=O) groups excluding carboxylic acids is 1. The summed E-state index contributed by atoms with van der Waals surface area (Å²) in [6.07, 6.45) is 0. The van der Waals surface area contributed by atoms with Crippen molar-refractivity contribution in [1.82, 2.24) is 0 Å². The van der Waals surface area contributed by atoms with Gasteiger partial charge in [0, 0.05) is 0 Å². The van der Waals surface area contributed by atoms with E-state index in [1.165, 1.54) is 6.92 Å². The van der Waals surface area contributed by atoms with Crippen LogP contribution in [0.15, 0.2) is 12.1 Å². The highest BCUT2D eigenvalue weighted by atomic mass is 19.1. The molecule has 82 valence electrons. The van der Waals surface area contributed by atoms with Gasteiger partial charge >= 0.3 is 0 Å². The number of benzene rings is 1. The lowest BCUT2D eigenvalue weighted by Crippen LogP contribution is -2.27.